The van der Waals surface area contributed by atoms with Gasteiger partial charge in [-0.25, -0.2) is 0 Å². The molecule has 0 unspecified atom stereocenters. The second-order valence-corrected chi connectivity index (χ2v) is 14.1. The Hall–Kier alpha value is -2.58. The van der Waals surface area contributed by atoms with Gasteiger partial charge in [0.15, 0.2) is 0 Å². The van der Waals surface area contributed by atoms with Crippen LogP contribution in [0.5, 0.6) is 0 Å². The van der Waals surface area contributed by atoms with E-state index in [0.717, 1.165) is 0 Å². The summed E-state index contributed by atoms with van der Waals surface area (Å²) >= 11 is 2.01. The highest BCUT2D eigenvalue weighted by Gasteiger charge is 2.40. The summed E-state index contributed by atoms with van der Waals surface area (Å²) in [7, 11) is 0. The number of aryl methyl sites for hydroxylation is 1. The predicted molar refractivity (Wildman–Crippen MR) is 159 cm³/mol. The number of rotatable bonds is 3. The van der Waals surface area contributed by atoms with E-state index in [1.165, 1.54) is 61.2 Å². The van der Waals surface area contributed by atoms with E-state index in [0.29, 0.717) is 0 Å². The predicted octanol–water partition coefficient (Wildman–Crippen LogP) is 7.23. The summed E-state index contributed by atoms with van der Waals surface area (Å²) in [6.45, 7) is 16.9. The van der Waals surface area contributed by atoms with E-state index in [1.54, 1.807) is 5.56 Å². The lowest BCUT2D eigenvalue weighted by atomic mass is 9.39. The fraction of sp³-hybridized carbons (Fsp3) is 0.353. The average molecular weight is 489 g/mol. The molecule has 182 valence electrons. The molecule has 0 nitrogen and oxygen atoms in total. The van der Waals surface area contributed by atoms with Crippen LogP contribution in [0.4, 0.5) is 0 Å². The zero-order valence-corrected chi connectivity index (χ0v) is 23.6. The molecule has 0 saturated carbocycles. The maximum atomic E-state index is 2.56. The van der Waals surface area contributed by atoms with Crippen LogP contribution in [0.25, 0.3) is 10.4 Å². The molecule has 1 aromatic heterocycles. The number of benzene rings is 3. The maximum absolute atomic E-state index is 2.56. The summed E-state index contributed by atoms with van der Waals surface area (Å²) in [5.41, 5.74) is 12.1. The highest BCUT2D eigenvalue weighted by molar-refractivity contribution is 7.29. The van der Waals surface area contributed by atoms with Crippen LogP contribution in [0.3, 0.4) is 0 Å². The van der Waals surface area contributed by atoms with Crippen molar-refractivity contribution in [3.8, 4) is 10.4 Å². The van der Waals surface area contributed by atoms with Gasteiger partial charge in [0, 0.05) is 10.3 Å². The quantitative estimate of drug-likeness (QED) is 0.267. The highest BCUT2D eigenvalue weighted by Crippen LogP contribution is 2.50. The van der Waals surface area contributed by atoms with Gasteiger partial charge < -0.3 is 0 Å². The topological polar surface area (TPSA) is 0 Å². The summed E-state index contributed by atoms with van der Waals surface area (Å²) in [6.07, 6.45) is 2.49. The molecule has 0 atom stereocenters. The van der Waals surface area contributed by atoms with Gasteiger partial charge in [0.1, 0.15) is 0 Å². The molecule has 6 rings (SSSR count). The SMILES string of the molecule is Cc1ccc(B(c2ccc3c(c2)C(C)(C)CCC3(C)C)c2cc3c(s2)-c2ccccc2C3(C)C)cc1. The molecule has 3 aromatic carbocycles. The van der Waals surface area contributed by atoms with E-state index >= 15 is 0 Å². The summed E-state index contributed by atoms with van der Waals surface area (Å²) in [4.78, 5) is 1.46. The van der Waals surface area contributed by atoms with Crippen molar-refractivity contribution in [3.63, 3.8) is 0 Å². The van der Waals surface area contributed by atoms with Gasteiger partial charge in [-0.3, -0.25) is 0 Å². The number of hydrogen-bond acceptors (Lipinski definition) is 1. The van der Waals surface area contributed by atoms with Gasteiger partial charge in [-0.1, -0.05) is 131 Å². The van der Waals surface area contributed by atoms with Crippen LogP contribution >= 0.6 is 11.3 Å². The Morgan fingerprint density at radius 1 is 0.639 bits per heavy atom. The van der Waals surface area contributed by atoms with Crippen molar-refractivity contribution >= 4 is 33.8 Å². The lowest BCUT2D eigenvalue weighted by molar-refractivity contribution is 0.332. The Morgan fingerprint density at radius 2 is 1.28 bits per heavy atom. The van der Waals surface area contributed by atoms with Gasteiger partial charge in [0.05, 0.1) is 0 Å². The minimum absolute atomic E-state index is 0.0420. The van der Waals surface area contributed by atoms with Crippen LogP contribution in [0, 0.1) is 6.92 Å². The molecule has 0 aliphatic heterocycles. The van der Waals surface area contributed by atoms with E-state index in [2.05, 4.69) is 121 Å². The molecule has 0 saturated heterocycles. The van der Waals surface area contributed by atoms with Crippen LogP contribution in [-0.4, -0.2) is 6.71 Å². The summed E-state index contributed by atoms with van der Waals surface area (Å²) in [6, 6.07) is 28.2. The summed E-state index contributed by atoms with van der Waals surface area (Å²) in [5, 5.41) is 0. The molecular weight excluding hydrogens is 451 g/mol. The van der Waals surface area contributed by atoms with E-state index in [1.807, 2.05) is 11.3 Å². The minimum Gasteiger partial charge on any atom is -0.149 e. The van der Waals surface area contributed by atoms with Crippen LogP contribution in [0.1, 0.15) is 82.2 Å². The minimum atomic E-state index is 0.0420. The van der Waals surface area contributed by atoms with Gasteiger partial charge in [-0.05, 0) is 63.2 Å². The first-order valence-corrected chi connectivity index (χ1v) is 14.3. The third-order valence-corrected chi connectivity index (χ3v) is 10.4. The zero-order chi connectivity index (χ0) is 25.5. The van der Waals surface area contributed by atoms with Crippen LogP contribution in [0.2, 0.25) is 0 Å². The van der Waals surface area contributed by atoms with Crippen molar-refractivity contribution in [2.24, 2.45) is 0 Å². The Morgan fingerprint density at radius 3 is 2.00 bits per heavy atom. The molecular formula is C34H37BS. The van der Waals surface area contributed by atoms with Crippen LogP contribution in [-0.2, 0) is 16.2 Å². The zero-order valence-electron chi connectivity index (χ0n) is 22.8. The molecule has 0 N–H and O–H groups in total. The summed E-state index contributed by atoms with van der Waals surface area (Å²) in [5.74, 6) is 0. The summed E-state index contributed by atoms with van der Waals surface area (Å²) < 4.78 is 1.46. The molecule has 2 aliphatic carbocycles. The normalized spacial score (nSPS) is 18.3. The average Bonchev–Trinajstić information content (AvgIpc) is 3.37. The fourth-order valence-electron chi connectivity index (χ4n) is 6.65. The molecule has 2 aliphatic rings. The van der Waals surface area contributed by atoms with E-state index in [-0.39, 0.29) is 23.0 Å². The van der Waals surface area contributed by atoms with Gasteiger partial charge >= 0.3 is 0 Å². The maximum Gasteiger partial charge on any atom is 0.254 e. The number of hydrogen-bond donors (Lipinski definition) is 0. The Balaban J connectivity index is 1.55. The van der Waals surface area contributed by atoms with Crippen molar-refractivity contribution in [1.29, 1.82) is 0 Å². The Labute approximate surface area is 221 Å². The monoisotopic (exact) mass is 488 g/mol. The molecule has 0 radical (unpaired) electrons. The molecule has 36 heavy (non-hydrogen) atoms. The molecule has 4 aromatic rings. The standard InChI is InChI=1S/C34H37BS/c1-22-12-14-23(15-13-22)35(24-16-17-27-28(20-24)33(4,5)19-18-32(27,2)3)30-21-29-31(36-30)25-10-8-9-11-26(25)34(29,6)7/h8-17,20-21H,18-19H2,1-7H3. The molecule has 0 spiro atoms. The molecule has 0 bridgehead atoms. The van der Waals surface area contributed by atoms with Crippen molar-refractivity contribution in [1.82, 2.24) is 0 Å². The largest absolute Gasteiger partial charge is 0.254 e. The van der Waals surface area contributed by atoms with E-state index < -0.39 is 0 Å². The smallest absolute Gasteiger partial charge is 0.149 e. The van der Waals surface area contributed by atoms with Gasteiger partial charge in [0.25, 0.3) is 6.71 Å². The molecule has 2 heteroatoms. The lowest BCUT2D eigenvalue weighted by Gasteiger charge is -2.42. The fourth-order valence-corrected chi connectivity index (χ4v) is 8.17. The molecule has 1 heterocycles. The van der Waals surface area contributed by atoms with Crippen molar-refractivity contribution < 1.29 is 0 Å². The number of thiophene rings is 1. The van der Waals surface area contributed by atoms with Crippen molar-refractivity contribution in [2.45, 2.75) is 77.6 Å². The number of fused-ring (bicyclic) bond motifs is 4. The Bertz CT molecular complexity index is 1470. The first kappa shape index (κ1) is 23.8. The Kier molecular flexibility index (Phi) is 5.26. The van der Waals surface area contributed by atoms with Gasteiger partial charge in [-0.2, -0.15) is 0 Å². The second-order valence-electron chi connectivity index (χ2n) is 13.0. The molecule has 0 fully saturated rings. The second kappa shape index (κ2) is 7.96. The van der Waals surface area contributed by atoms with Gasteiger partial charge in [-0.15, -0.1) is 11.3 Å². The van der Waals surface area contributed by atoms with Crippen LogP contribution < -0.4 is 15.7 Å². The molecule has 0 amide bonds. The third-order valence-electron chi connectivity index (χ3n) is 9.17. The highest BCUT2D eigenvalue weighted by atomic mass is 32.1. The van der Waals surface area contributed by atoms with Crippen LogP contribution in [0.15, 0.2) is 72.8 Å². The first-order chi connectivity index (χ1) is 17.0. The van der Waals surface area contributed by atoms with Crippen molar-refractivity contribution in [2.75, 3.05) is 0 Å². The lowest BCUT2D eigenvalue weighted by Crippen LogP contribution is -2.51. The van der Waals surface area contributed by atoms with Gasteiger partial charge in [0.2, 0.25) is 0 Å². The van der Waals surface area contributed by atoms with Crippen molar-refractivity contribution in [3.05, 3.63) is 101 Å². The van der Waals surface area contributed by atoms with E-state index in [4.69, 9.17) is 0 Å². The first-order valence-electron chi connectivity index (χ1n) is 13.4. The van der Waals surface area contributed by atoms with E-state index in [9.17, 15) is 0 Å². The third kappa shape index (κ3) is 3.56.